The summed E-state index contributed by atoms with van der Waals surface area (Å²) in [5.41, 5.74) is 3.09. The van der Waals surface area contributed by atoms with Crippen molar-refractivity contribution in [2.75, 3.05) is 11.9 Å². The fourth-order valence-corrected chi connectivity index (χ4v) is 5.16. The summed E-state index contributed by atoms with van der Waals surface area (Å²) in [7, 11) is 0. The van der Waals surface area contributed by atoms with Crippen molar-refractivity contribution in [1.29, 1.82) is 0 Å². The van der Waals surface area contributed by atoms with Crippen LogP contribution >= 0.6 is 11.3 Å². The Morgan fingerprint density at radius 1 is 1.09 bits per heavy atom. The highest BCUT2D eigenvalue weighted by Crippen LogP contribution is 2.41. The number of allylic oxidation sites excluding steroid dienone is 2. The van der Waals surface area contributed by atoms with Gasteiger partial charge in [0.05, 0.1) is 18.4 Å². The van der Waals surface area contributed by atoms with E-state index >= 15 is 0 Å². The zero-order chi connectivity index (χ0) is 24.3. The summed E-state index contributed by atoms with van der Waals surface area (Å²) in [5, 5.41) is 12.8. The van der Waals surface area contributed by atoms with Crippen LogP contribution in [0, 0.1) is 18.8 Å². The number of ether oxygens (including phenoxy) is 1. The average molecular weight is 470 g/mol. The minimum Gasteiger partial charge on any atom is -0.481 e. The van der Waals surface area contributed by atoms with Crippen LogP contribution < -0.4 is 5.32 Å². The summed E-state index contributed by atoms with van der Waals surface area (Å²) >= 11 is 1.30. The molecule has 0 bridgehead atoms. The van der Waals surface area contributed by atoms with Crippen LogP contribution in [0.15, 0.2) is 36.4 Å². The second kappa shape index (κ2) is 9.91. The lowest BCUT2D eigenvalue weighted by atomic mass is 9.82. The molecule has 0 spiro atoms. The minimum atomic E-state index is -0.993. The van der Waals surface area contributed by atoms with Gasteiger partial charge in [0.2, 0.25) is 5.91 Å². The molecule has 7 heteroatoms. The van der Waals surface area contributed by atoms with E-state index in [1.54, 1.807) is 13.0 Å². The number of rotatable bonds is 6. The number of carbonyl (C=O) groups excluding carboxylic acids is 2. The molecule has 0 fully saturated rings. The lowest BCUT2D eigenvalue weighted by Crippen LogP contribution is -2.34. The number of aryl methyl sites for hydroxylation is 1. The molecular formula is C26H31NO5S. The molecule has 33 heavy (non-hydrogen) atoms. The van der Waals surface area contributed by atoms with Gasteiger partial charge in [0.25, 0.3) is 0 Å². The van der Waals surface area contributed by atoms with Crippen LogP contribution in [0.3, 0.4) is 0 Å². The molecule has 1 amide bonds. The van der Waals surface area contributed by atoms with E-state index in [2.05, 4.69) is 26.1 Å². The molecule has 1 aliphatic rings. The number of hydrogen-bond donors (Lipinski definition) is 2. The molecule has 0 aliphatic heterocycles. The van der Waals surface area contributed by atoms with Gasteiger partial charge in [-0.15, -0.1) is 11.3 Å². The SMILES string of the molecule is CCOC(=O)c1c(NC(=O)[C@@H]2CC=CC[C@@H]2C(=O)O)sc(C)c1-c1ccc(C(C)(C)C)cc1. The third-order valence-electron chi connectivity index (χ3n) is 5.93. The molecule has 0 radical (unpaired) electrons. The molecule has 2 atom stereocenters. The molecule has 176 valence electrons. The van der Waals surface area contributed by atoms with E-state index < -0.39 is 29.7 Å². The lowest BCUT2D eigenvalue weighted by molar-refractivity contribution is -0.146. The van der Waals surface area contributed by atoms with Crippen molar-refractivity contribution in [2.24, 2.45) is 11.8 Å². The summed E-state index contributed by atoms with van der Waals surface area (Å²) in [4.78, 5) is 38.5. The van der Waals surface area contributed by atoms with Gasteiger partial charge in [-0.25, -0.2) is 4.79 Å². The molecule has 0 saturated heterocycles. The number of esters is 1. The normalized spacial score (nSPS) is 18.1. The van der Waals surface area contributed by atoms with E-state index in [0.29, 0.717) is 23.4 Å². The number of aliphatic carboxylic acids is 1. The van der Waals surface area contributed by atoms with Crippen molar-refractivity contribution in [1.82, 2.24) is 0 Å². The number of anilines is 1. The second-order valence-corrected chi connectivity index (χ2v) is 10.5. The van der Waals surface area contributed by atoms with Gasteiger partial charge in [-0.05, 0) is 43.2 Å². The second-order valence-electron chi connectivity index (χ2n) is 9.27. The van der Waals surface area contributed by atoms with Crippen molar-refractivity contribution >= 4 is 34.2 Å². The van der Waals surface area contributed by atoms with Gasteiger partial charge in [0, 0.05) is 10.4 Å². The first-order valence-electron chi connectivity index (χ1n) is 11.1. The molecule has 1 aromatic heterocycles. The van der Waals surface area contributed by atoms with E-state index in [4.69, 9.17) is 4.74 Å². The molecule has 0 unspecified atom stereocenters. The Morgan fingerprint density at radius 3 is 2.24 bits per heavy atom. The maximum absolute atomic E-state index is 13.1. The first kappa shape index (κ1) is 24.7. The van der Waals surface area contributed by atoms with Gasteiger partial charge in [0.1, 0.15) is 10.6 Å². The summed E-state index contributed by atoms with van der Waals surface area (Å²) in [6.07, 6.45) is 4.29. The van der Waals surface area contributed by atoms with Crippen molar-refractivity contribution in [3.63, 3.8) is 0 Å². The highest BCUT2D eigenvalue weighted by molar-refractivity contribution is 7.17. The molecular weight excluding hydrogens is 438 g/mol. The molecule has 3 rings (SSSR count). The number of amides is 1. The zero-order valence-corrected chi connectivity index (χ0v) is 20.5. The summed E-state index contributed by atoms with van der Waals surface area (Å²) < 4.78 is 5.32. The van der Waals surface area contributed by atoms with E-state index in [1.165, 1.54) is 16.9 Å². The number of thiophene rings is 1. The molecule has 0 saturated carbocycles. The van der Waals surface area contributed by atoms with Crippen LogP contribution in [0.2, 0.25) is 0 Å². The first-order chi connectivity index (χ1) is 15.5. The van der Waals surface area contributed by atoms with Crippen molar-refractivity contribution < 1.29 is 24.2 Å². The van der Waals surface area contributed by atoms with Crippen LogP contribution in [0.25, 0.3) is 11.1 Å². The number of carbonyl (C=O) groups is 3. The zero-order valence-electron chi connectivity index (χ0n) is 19.7. The van der Waals surface area contributed by atoms with E-state index in [0.717, 1.165) is 16.0 Å². The van der Waals surface area contributed by atoms with Crippen LogP contribution in [-0.2, 0) is 19.7 Å². The van der Waals surface area contributed by atoms with Gasteiger partial charge in [-0.3, -0.25) is 9.59 Å². The Morgan fingerprint density at radius 2 is 1.70 bits per heavy atom. The Bertz CT molecular complexity index is 1080. The monoisotopic (exact) mass is 469 g/mol. The summed E-state index contributed by atoms with van der Waals surface area (Å²) in [6, 6.07) is 8.06. The van der Waals surface area contributed by atoms with Crippen molar-refractivity contribution in [3.8, 4) is 11.1 Å². The third-order valence-corrected chi connectivity index (χ3v) is 6.95. The van der Waals surface area contributed by atoms with Crippen LogP contribution in [-0.4, -0.2) is 29.6 Å². The van der Waals surface area contributed by atoms with Crippen LogP contribution in [0.1, 0.15) is 61.3 Å². The molecule has 1 aromatic carbocycles. The predicted octanol–water partition coefficient (Wildman–Crippen LogP) is 5.80. The van der Waals surface area contributed by atoms with Gasteiger partial charge in [-0.1, -0.05) is 57.2 Å². The minimum absolute atomic E-state index is 0.000448. The van der Waals surface area contributed by atoms with E-state index in [9.17, 15) is 19.5 Å². The predicted molar refractivity (Wildman–Crippen MR) is 131 cm³/mol. The third kappa shape index (κ3) is 5.36. The highest BCUT2D eigenvalue weighted by Gasteiger charge is 2.35. The molecule has 2 N–H and O–H groups in total. The number of hydrogen-bond acceptors (Lipinski definition) is 5. The Hall–Kier alpha value is -2.93. The standard InChI is InChI=1S/C26H31NO5S/c1-6-32-25(31)21-20(16-11-13-17(14-12-16)26(3,4)5)15(2)33-23(21)27-22(28)18-9-7-8-10-19(18)24(29)30/h7-8,11-14,18-19H,6,9-10H2,1-5H3,(H,27,28)(H,29,30)/t18-,19+/m1/s1. The number of carboxylic acids is 1. The Kier molecular flexibility index (Phi) is 7.42. The largest absolute Gasteiger partial charge is 0.481 e. The molecule has 1 heterocycles. The number of benzene rings is 1. The smallest absolute Gasteiger partial charge is 0.341 e. The van der Waals surface area contributed by atoms with E-state index in [-0.39, 0.29) is 12.0 Å². The molecule has 6 nitrogen and oxygen atoms in total. The highest BCUT2D eigenvalue weighted by atomic mass is 32.1. The van der Waals surface area contributed by atoms with Gasteiger partial charge < -0.3 is 15.2 Å². The van der Waals surface area contributed by atoms with Gasteiger partial charge in [-0.2, -0.15) is 0 Å². The van der Waals surface area contributed by atoms with Crippen LogP contribution in [0.4, 0.5) is 5.00 Å². The van der Waals surface area contributed by atoms with Crippen molar-refractivity contribution in [3.05, 3.63) is 52.4 Å². The van der Waals surface area contributed by atoms with E-state index in [1.807, 2.05) is 37.3 Å². The Balaban J connectivity index is 2.01. The van der Waals surface area contributed by atoms with Gasteiger partial charge >= 0.3 is 11.9 Å². The topological polar surface area (TPSA) is 92.7 Å². The molecule has 1 aliphatic carbocycles. The summed E-state index contributed by atoms with van der Waals surface area (Å²) in [5.74, 6) is -3.38. The maximum atomic E-state index is 13.1. The van der Waals surface area contributed by atoms with Crippen molar-refractivity contribution in [2.45, 2.75) is 52.9 Å². The Labute approximate surface area is 198 Å². The number of nitrogens with one attached hydrogen (secondary N) is 1. The molecule has 2 aromatic rings. The average Bonchev–Trinajstić information content (AvgIpc) is 3.08. The fourth-order valence-electron chi connectivity index (χ4n) is 4.10. The quantitative estimate of drug-likeness (QED) is 0.412. The fraction of sp³-hybridized carbons (Fsp3) is 0.423. The first-order valence-corrected chi connectivity index (χ1v) is 12.0. The summed E-state index contributed by atoms with van der Waals surface area (Å²) in [6.45, 7) is 10.3. The van der Waals surface area contributed by atoms with Crippen LogP contribution in [0.5, 0.6) is 0 Å². The number of carboxylic acid groups (broad SMARTS) is 1. The lowest BCUT2D eigenvalue weighted by Gasteiger charge is -2.24. The van der Waals surface area contributed by atoms with Gasteiger partial charge in [0.15, 0.2) is 0 Å². The maximum Gasteiger partial charge on any atom is 0.341 e.